The van der Waals surface area contributed by atoms with Crippen LogP contribution in [-0.4, -0.2) is 75.4 Å². The first kappa shape index (κ1) is 19.8. The van der Waals surface area contributed by atoms with Crippen LogP contribution in [0.3, 0.4) is 0 Å². The lowest BCUT2D eigenvalue weighted by atomic mass is 10.1. The summed E-state index contributed by atoms with van der Waals surface area (Å²) in [5, 5.41) is 7.13. The molecule has 26 heavy (non-hydrogen) atoms. The molecule has 3 rings (SSSR count). The van der Waals surface area contributed by atoms with E-state index in [1.807, 2.05) is 0 Å². The minimum atomic E-state index is 0.896. The third-order valence-electron chi connectivity index (χ3n) is 5.42. The molecule has 2 fully saturated rings. The van der Waals surface area contributed by atoms with Crippen LogP contribution in [0.15, 0.2) is 24.3 Å². The number of nitrogens with one attached hydrogen (secondary N) is 2. The summed E-state index contributed by atoms with van der Waals surface area (Å²) in [5.74, 6) is 0. The highest BCUT2D eigenvalue weighted by atomic mass is 16.5. The maximum Gasteiger partial charge on any atom is 0.0594 e. The molecule has 2 aliphatic rings. The number of likely N-dealkylation sites (tertiary alicyclic amines) is 1. The largest absolute Gasteiger partial charge is 0.379 e. The molecule has 0 atom stereocenters. The lowest BCUT2D eigenvalue weighted by molar-refractivity contribution is 0.0374. The normalized spacial score (nSPS) is 19.2. The minimum absolute atomic E-state index is 0.896. The molecule has 0 radical (unpaired) electrons. The van der Waals surface area contributed by atoms with Gasteiger partial charge in [0.1, 0.15) is 0 Å². The maximum absolute atomic E-state index is 5.38. The highest BCUT2D eigenvalue weighted by Gasteiger charge is 2.10. The van der Waals surface area contributed by atoms with Crippen molar-refractivity contribution in [1.82, 2.24) is 20.4 Å². The van der Waals surface area contributed by atoms with Gasteiger partial charge in [0.05, 0.1) is 13.2 Å². The summed E-state index contributed by atoms with van der Waals surface area (Å²) in [5.41, 5.74) is 2.75. The van der Waals surface area contributed by atoms with Gasteiger partial charge in [-0.1, -0.05) is 24.3 Å². The summed E-state index contributed by atoms with van der Waals surface area (Å²) in [4.78, 5) is 5.05. The Kier molecular flexibility index (Phi) is 8.88. The van der Waals surface area contributed by atoms with Crippen molar-refractivity contribution in [2.24, 2.45) is 0 Å². The van der Waals surface area contributed by atoms with E-state index in [0.717, 1.165) is 52.5 Å². The van der Waals surface area contributed by atoms with E-state index in [2.05, 4.69) is 44.7 Å². The number of morpholine rings is 1. The maximum atomic E-state index is 5.38. The molecule has 2 heterocycles. The molecule has 5 nitrogen and oxygen atoms in total. The van der Waals surface area contributed by atoms with Crippen molar-refractivity contribution >= 4 is 0 Å². The summed E-state index contributed by atoms with van der Waals surface area (Å²) in [6, 6.07) is 9.03. The van der Waals surface area contributed by atoms with Gasteiger partial charge in [-0.2, -0.15) is 0 Å². The van der Waals surface area contributed by atoms with Crippen LogP contribution in [-0.2, 0) is 17.8 Å². The van der Waals surface area contributed by atoms with Gasteiger partial charge in [0, 0.05) is 39.3 Å². The van der Waals surface area contributed by atoms with Crippen LogP contribution in [0.4, 0.5) is 0 Å². The van der Waals surface area contributed by atoms with E-state index >= 15 is 0 Å². The minimum Gasteiger partial charge on any atom is -0.379 e. The highest BCUT2D eigenvalue weighted by molar-refractivity contribution is 5.22. The summed E-state index contributed by atoms with van der Waals surface area (Å²) in [7, 11) is 0. The van der Waals surface area contributed by atoms with Crippen LogP contribution < -0.4 is 10.6 Å². The lowest BCUT2D eigenvalue weighted by Crippen LogP contribution is -2.37. The number of hydrogen-bond acceptors (Lipinski definition) is 5. The SMILES string of the molecule is c1cc(CNCCN2CCCC2)ccc1CNCCCN1CCOCC1. The van der Waals surface area contributed by atoms with Crippen molar-refractivity contribution < 1.29 is 4.74 Å². The standard InChI is InChI=1S/C21H36N4O/c1-2-11-24(10-1)13-9-23-19-21-6-4-20(5-7-21)18-22-8-3-12-25-14-16-26-17-15-25/h4-7,22-23H,1-3,8-19H2. The molecule has 2 aliphatic heterocycles. The summed E-state index contributed by atoms with van der Waals surface area (Å²) in [6.07, 6.45) is 3.96. The second-order valence-corrected chi connectivity index (χ2v) is 7.53. The molecule has 0 bridgehead atoms. The van der Waals surface area contributed by atoms with Gasteiger partial charge in [0.15, 0.2) is 0 Å². The van der Waals surface area contributed by atoms with Gasteiger partial charge in [-0.05, 0) is 56.6 Å². The molecule has 0 saturated carbocycles. The van der Waals surface area contributed by atoms with Gasteiger partial charge in [-0.25, -0.2) is 0 Å². The Morgan fingerprint density at radius 2 is 1.31 bits per heavy atom. The Morgan fingerprint density at radius 1 is 0.731 bits per heavy atom. The van der Waals surface area contributed by atoms with E-state index in [9.17, 15) is 0 Å². The van der Waals surface area contributed by atoms with Crippen LogP contribution in [0, 0.1) is 0 Å². The Hall–Kier alpha value is -0.980. The fraction of sp³-hybridized carbons (Fsp3) is 0.714. The van der Waals surface area contributed by atoms with E-state index in [0.29, 0.717) is 0 Å². The zero-order valence-corrected chi connectivity index (χ0v) is 16.2. The van der Waals surface area contributed by atoms with Crippen LogP contribution in [0.5, 0.6) is 0 Å². The Labute approximate surface area is 159 Å². The highest BCUT2D eigenvalue weighted by Crippen LogP contribution is 2.06. The number of hydrogen-bond donors (Lipinski definition) is 2. The number of rotatable bonds is 11. The Bertz CT molecular complexity index is 481. The zero-order chi connectivity index (χ0) is 17.9. The molecular weight excluding hydrogens is 324 g/mol. The zero-order valence-electron chi connectivity index (χ0n) is 16.2. The first-order valence-corrected chi connectivity index (χ1v) is 10.4. The van der Waals surface area contributed by atoms with Crippen LogP contribution in [0.1, 0.15) is 30.4 Å². The average Bonchev–Trinajstić information content (AvgIpc) is 3.20. The van der Waals surface area contributed by atoms with Gasteiger partial charge in [-0.3, -0.25) is 4.90 Å². The van der Waals surface area contributed by atoms with Gasteiger partial charge in [0.25, 0.3) is 0 Å². The quantitative estimate of drug-likeness (QED) is 0.588. The number of benzene rings is 1. The summed E-state index contributed by atoms with van der Waals surface area (Å²) < 4.78 is 5.38. The molecule has 1 aromatic rings. The molecule has 0 amide bonds. The molecule has 146 valence electrons. The molecule has 0 aromatic heterocycles. The first-order valence-electron chi connectivity index (χ1n) is 10.4. The van der Waals surface area contributed by atoms with Crippen molar-refractivity contribution in [2.75, 3.05) is 65.6 Å². The molecular formula is C21H36N4O. The summed E-state index contributed by atoms with van der Waals surface area (Å²) >= 11 is 0. The van der Waals surface area contributed by atoms with Gasteiger partial charge in [0.2, 0.25) is 0 Å². The van der Waals surface area contributed by atoms with Crippen molar-refractivity contribution in [3.05, 3.63) is 35.4 Å². The fourth-order valence-electron chi connectivity index (χ4n) is 3.74. The van der Waals surface area contributed by atoms with Crippen LogP contribution >= 0.6 is 0 Å². The van der Waals surface area contributed by atoms with Crippen molar-refractivity contribution in [2.45, 2.75) is 32.4 Å². The molecule has 1 aromatic carbocycles. The Balaban J connectivity index is 1.22. The first-order chi connectivity index (χ1) is 12.9. The topological polar surface area (TPSA) is 39.8 Å². The number of ether oxygens (including phenoxy) is 1. The van der Waals surface area contributed by atoms with E-state index in [4.69, 9.17) is 4.74 Å². The van der Waals surface area contributed by atoms with E-state index in [1.54, 1.807) is 0 Å². The second-order valence-electron chi connectivity index (χ2n) is 7.53. The third-order valence-corrected chi connectivity index (χ3v) is 5.42. The van der Waals surface area contributed by atoms with Crippen molar-refractivity contribution in [1.29, 1.82) is 0 Å². The summed E-state index contributed by atoms with van der Waals surface area (Å²) in [6.45, 7) is 13.0. The average molecular weight is 361 g/mol. The van der Waals surface area contributed by atoms with Crippen molar-refractivity contribution in [3.8, 4) is 0 Å². The smallest absolute Gasteiger partial charge is 0.0594 e. The molecule has 0 unspecified atom stereocenters. The molecule has 2 N–H and O–H groups in total. The van der Waals surface area contributed by atoms with Gasteiger partial charge < -0.3 is 20.3 Å². The monoisotopic (exact) mass is 360 g/mol. The van der Waals surface area contributed by atoms with Crippen LogP contribution in [0.2, 0.25) is 0 Å². The second kappa shape index (κ2) is 11.7. The lowest BCUT2D eigenvalue weighted by Gasteiger charge is -2.26. The molecule has 5 heteroatoms. The molecule has 0 aliphatic carbocycles. The molecule has 2 saturated heterocycles. The van der Waals surface area contributed by atoms with Crippen LogP contribution in [0.25, 0.3) is 0 Å². The predicted molar refractivity (Wildman–Crippen MR) is 107 cm³/mol. The predicted octanol–water partition coefficient (Wildman–Crippen LogP) is 1.68. The molecule has 0 spiro atoms. The number of nitrogens with zero attached hydrogens (tertiary/aromatic N) is 2. The van der Waals surface area contributed by atoms with E-state index < -0.39 is 0 Å². The fourth-order valence-corrected chi connectivity index (χ4v) is 3.74. The van der Waals surface area contributed by atoms with Crippen molar-refractivity contribution in [3.63, 3.8) is 0 Å². The van der Waals surface area contributed by atoms with Gasteiger partial charge in [-0.15, -0.1) is 0 Å². The van der Waals surface area contributed by atoms with Gasteiger partial charge >= 0.3 is 0 Å². The Morgan fingerprint density at radius 3 is 1.96 bits per heavy atom. The third kappa shape index (κ3) is 7.33. The van der Waals surface area contributed by atoms with E-state index in [1.165, 1.54) is 56.6 Å². The van der Waals surface area contributed by atoms with E-state index in [-0.39, 0.29) is 0 Å².